The van der Waals surface area contributed by atoms with Crippen LogP contribution in [0.3, 0.4) is 0 Å². The first-order valence-electron chi connectivity index (χ1n) is 4.91. The van der Waals surface area contributed by atoms with E-state index in [0.29, 0.717) is 5.25 Å². The lowest BCUT2D eigenvalue weighted by Crippen LogP contribution is -1.99. The Morgan fingerprint density at radius 1 is 1.21 bits per heavy atom. The third-order valence-corrected chi connectivity index (χ3v) is 3.47. The molecule has 1 atom stereocenters. The number of hydrogen-bond acceptors (Lipinski definition) is 1. The Bertz CT molecular complexity index is 349. The van der Waals surface area contributed by atoms with E-state index in [0.717, 1.165) is 6.42 Å². The minimum absolute atomic E-state index is 0.612. The van der Waals surface area contributed by atoms with Crippen LogP contribution < -0.4 is 0 Å². The van der Waals surface area contributed by atoms with Crippen LogP contribution in [0.5, 0.6) is 0 Å². The fourth-order valence-corrected chi connectivity index (χ4v) is 2.48. The number of hydrogen-bond donors (Lipinski definition) is 0. The molecule has 0 radical (unpaired) electrons. The second kappa shape index (κ2) is 4.52. The van der Waals surface area contributed by atoms with Crippen molar-refractivity contribution in [1.29, 1.82) is 0 Å². The van der Waals surface area contributed by atoms with Gasteiger partial charge in [-0.15, -0.1) is 11.8 Å². The molecule has 0 amide bonds. The first-order chi connectivity index (χ1) is 6.84. The minimum Gasteiger partial charge on any atom is -0.118 e. The van der Waals surface area contributed by atoms with Gasteiger partial charge >= 0.3 is 0 Å². The zero-order valence-corrected chi connectivity index (χ0v) is 9.13. The number of allylic oxidation sites excluding steroid dienone is 3. The van der Waals surface area contributed by atoms with Gasteiger partial charge in [0.15, 0.2) is 0 Å². The van der Waals surface area contributed by atoms with Crippen molar-refractivity contribution in [2.24, 2.45) is 0 Å². The predicted octanol–water partition coefficient (Wildman–Crippen LogP) is 4.05. The van der Waals surface area contributed by atoms with Crippen LogP contribution in [0.4, 0.5) is 0 Å². The molecule has 0 nitrogen and oxygen atoms in total. The lowest BCUT2D eigenvalue weighted by atomic mass is 10.1. The van der Waals surface area contributed by atoms with Crippen molar-refractivity contribution in [2.45, 2.75) is 23.5 Å². The van der Waals surface area contributed by atoms with Crippen LogP contribution in [0.15, 0.2) is 59.0 Å². The standard InChI is InChI=1S/C13H14S/c1-11-7-9-13(10-8-11)14-12-5-3-2-4-6-12/h2-9,13H,10H2,1H3. The van der Waals surface area contributed by atoms with Gasteiger partial charge in [-0.05, 0) is 25.5 Å². The Hall–Kier alpha value is -0.950. The van der Waals surface area contributed by atoms with Crippen LogP contribution in [0.2, 0.25) is 0 Å². The highest BCUT2D eigenvalue weighted by molar-refractivity contribution is 8.00. The first-order valence-corrected chi connectivity index (χ1v) is 5.79. The van der Waals surface area contributed by atoms with E-state index in [2.05, 4.69) is 55.5 Å². The van der Waals surface area contributed by atoms with Gasteiger partial charge < -0.3 is 0 Å². The van der Waals surface area contributed by atoms with E-state index in [9.17, 15) is 0 Å². The molecule has 14 heavy (non-hydrogen) atoms. The van der Waals surface area contributed by atoms with E-state index in [-0.39, 0.29) is 0 Å². The smallest absolute Gasteiger partial charge is 0.0312 e. The molecule has 0 saturated heterocycles. The predicted molar refractivity (Wildman–Crippen MR) is 63.6 cm³/mol. The second-order valence-electron chi connectivity index (χ2n) is 3.51. The average Bonchev–Trinajstić information content (AvgIpc) is 2.23. The summed E-state index contributed by atoms with van der Waals surface area (Å²) in [5.74, 6) is 0. The molecule has 72 valence electrons. The quantitative estimate of drug-likeness (QED) is 0.697. The maximum absolute atomic E-state index is 2.31. The molecular formula is C13H14S. The summed E-state index contributed by atoms with van der Waals surface area (Å²) in [6.07, 6.45) is 7.97. The Morgan fingerprint density at radius 3 is 2.64 bits per heavy atom. The van der Waals surface area contributed by atoms with Gasteiger partial charge in [-0.25, -0.2) is 0 Å². The Balaban J connectivity index is 1.98. The fraction of sp³-hybridized carbons (Fsp3) is 0.231. The molecule has 0 spiro atoms. The largest absolute Gasteiger partial charge is 0.118 e. The lowest BCUT2D eigenvalue weighted by molar-refractivity contribution is 1.03. The van der Waals surface area contributed by atoms with Crippen LogP contribution in [-0.2, 0) is 0 Å². The second-order valence-corrected chi connectivity index (χ2v) is 4.82. The molecule has 1 heteroatoms. The number of thioether (sulfide) groups is 1. The number of rotatable bonds is 2. The van der Waals surface area contributed by atoms with E-state index in [1.807, 2.05) is 11.8 Å². The maximum atomic E-state index is 2.31. The molecule has 0 saturated carbocycles. The van der Waals surface area contributed by atoms with Gasteiger partial charge in [0, 0.05) is 10.1 Å². The van der Waals surface area contributed by atoms with E-state index >= 15 is 0 Å². The molecule has 0 aromatic heterocycles. The van der Waals surface area contributed by atoms with Crippen LogP contribution in [0.1, 0.15) is 13.3 Å². The summed E-state index contributed by atoms with van der Waals surface area (Å²) < 4.78 is 0. The summed E-state index contributed by atoms with van der Waals surface area (Å²) in [6, 6.07) is 10.6. The maximum Gasteiger partial charge on any atom is 0.0312 e. The fourth-order valence-electron chi connectivity index (χ4n) is 1.47. The van der Waals surface area contributed by atoms with Gasteiger partial charge in [-0.1, -0.05) is 42.0 Å². The summed E-state index contributed by atoms with van der Waals surface area (Å²) in [4.78, 5) is 1.36. The van der Waals surface area contributed by atoms with E-state index < -0.39 is 0 Å². The summed E-state index contributed by atoms with van der Waals surface area (Å²) in [6.45, 7) is 2.15. The van der Waals surface area contributed by atoms with Gasteiger partial charge in [-0.3, -0.25) is 0 Å². The van der Waals surface area contributed by atoms with Gasteiger partial charge in [0.1, 0.15) is 0 Å². The van der Waals surface area contributed by atoms with Crippen molar-refractivity contribution in [3.8, 4) is 0 Å². The topological polar surface area (TPSA) is 0 Å². The molecule has 1 aromatic carbocycles. The van der Waals surface area contributed by atoms with Crippen molar-refractivity contribution >= 4 is 11.8 Å². The molecule has 0 fully saturated rings. The summed E-state index contributed by atoms with van der Waals surface area (Å²) in [7, 11) is 0. The first kappa shape index (κ1) is 9.60. The Kier molecular flexibility index (Phi) is 3.10. The monoisotopic (exact) mass is 202 g/mol. The Morgan fingerprint density at radius 2 is 2.00 bits per heavy atom. The van der Waals surface area contributed by atoms with Crippen LogP contribution in [0.25, 0.3) is 0 Å². The van der Waals surface area contributed by atoms with Crippen molar-refractivity contribution in [3.05, 3.63) is 54.1 Å². The van der Waals surface area contributed by atoms with E-state index in [1.54, 1.807) is 0 Å². The van der Waals surface area contributed by atoms with Gasteiger partial charge in [-0.2, -0.15) is 0 Å². The van der Waals surface area contributed by atoms with Crippen LogP contribution >= 0.6 is 11.8 Å². The zero-order chi connectivity index (χ0) is 9.80. The van der Waals surface area contributed by atoms with Crippen molar-refractivity contribution in [1.82, 2.24) is 0 Å². The molecule has 0 aliphatic heterocycles. The Labute approximate surface area is 89.7 Å². The molecule has 1 aliphatic carbocycles. The zero-order valence-electron chi connectivity index (χ0n) is 8.31. The van der Waals surface area contributed by atoms with Crippen molar-refractivity contribution in [2.75, 3.05) is 0 Å². The third kappa shape index (κ3) is 2.52. The highest BCUT2D eigenvalue weighted by Gasteiger charge is 2.07. The normalized spacial score (nSPS) is 20.6. The molecule has 1 aliphatic rings. The molecule has 0 N–H and O–H groups in total. The third-order valence-electron chi connectivity index (χ3n) is 2.28. The molecule has 2 rings (SSSR count). The molecular weight excluding hydrogens is 188 g/mol. The molecule has 1 unspecified atom stereocenters. The van der Waals surface area contributed by atoms with Crippen molar-refractivity contribution in [3.63, 3.8) is 0 Å². The van der Waals surface area contributed by atoms with E-state index in [4.69, 9.17) is 0 Å². The molecule has 0 heterocycles. The van der Waals surface area contributed by atoms with Gasteiger partial charge in [0.05, 0.1) is 0 Å². The minimum atomic E-state index is 0.612. The lowest BCUT2D eigenvalue weighted by Gasteiger charge is -2.13. The van der Waals surface area contributed by atoms with Crippen LogP contribution in [0, 0.1) is 0 Å². The SMILES string of the molecule is CC1=CCC(Sc2ccccc2)C=C1. The summed E-state index contributed by atoms with van der Waals surface area (Å²) in [5, 5.41) is 0.612. The highest BCUT2D eigenvalue weighted by atomic mass is 32.2. The number of benzene rings is 1. The molecule has 1 aromatic rings. The summed E-state index contributed by atoms with van der Waals surface area (Å²) in [5.41, 5.74) is 1.38. The van der Waals surface area contributed by atoms with Gasteiger partial charge in [0.25, 0.3) is 0 Å². The van der Waals surface area contributed by atoms with E-state index in [1.165, 1.54) is 10.5 Å². The van der Waals surface area contributed by atoms with Crippen LogP contribution in [-0.4, -0.2) is 5.25 Å². The summed E-state index contributed by atoms with van der Waals surface area (Å²) >= 11 is 1.94. The molecule has 0 bridgehead atoms. The highest BCUT2D eigenvalue weighted by Crippen LogP contribution is 2.28. The average molecular weight is 202 g/mol. The van der Waals surface area contributed by atoms with Crippen molar-refractivity contribution < 1.29 is 0 Å². The van der Waals surface area contributed by atoms with Gasteiger partial charge in [0.2, 0.25) is 0 Å².